The number of esters is 1. The molecule has 1 saturated carbocycles. The van der Waals surface area contributed by atoms with Gasteiger partial charge in [0.2, 0.25) is 0 Å². The number of ether oxygens (including phenoxy) is 9. The number of carbonyl (C=O) groups is 1. The lowest BCUT2D eigenvalue weighted by Gasteiger charge is -2.61. The summed E-state index contributed by atoms with van der Waals surface area (Å²) in [6, 6.07) is 0. The standard InChI is InChI=1S/C46H76O20/c1-11-44(8,66-43-37(57)39(29(49)22(5)60-43)65-41-34(54)31(51)28(48)21(4)59-41)15-16-45(9)20(3)17-27(46(10)19(2)13-12-14-26(45)46)63-40-36(56)33(53)38(23(6)61-40)64-42-35(55)32(52)30(50)25(62-42)18-58-24(7)47/h11,13,20-23,25-43,48-57H,1,12,14-18H2,2-10H3/t20-,21-,22+,23-,25+,26-,27-,28-,29-,30+,31+,32-,33-,34+,35+,36+,37+,38-,39-,40-,41-,42-,43-,44+,45+,46+/m0/s1. The van der Waals surface area contributed by atoms with Crippen molar-refractivity contribution >= 4 is 5.97 Å². The molecule has 0 radical (unpaired) electrons. The highest BCUT2D eigenvalue weighted by molar-refractivity contribution is 5.65. The van der Waals surface area contributed by atoms with Crippen LogP contribution in [0.4, 0.5) is 0 Å². The van der Waals surface area contributed by atoms with Crippen LogP contribution in [-0.4, -0.2) is 198 Å². The third-order valence-corrected chi connectivity index (χ3v) is 16.0. The average Bonchev–Trinajstić information content (AvgIpc) is 3.27. The Morgan fingerprint density at radius 1 is 0.727 bits per heavy atom. The second-order valence-electron chi connectivity index (χ2n) is 20.3. The third-order valence-electron chi connectivity index (χ3n) is 16.0. The van der Waals surface area contributed by atoms with Crippen LogP contribution in [0.15, 0.2) is 24.3 Å². The fraction of sp³-hybridized carbons (Fsp3) is 0.891. The topological polar surface area (TPSA) is 302 Å². The molecular formula is C46H76O20. The molecule has 20 heteroatoms. The lowest BCUT2D eigenvalue weighted by molar-refractivity contribution is -0.364. The minimum absolute atomic E-state index is 0.0361. The van der Waals surface area contributed by atoms with E-state index in [1.54, 1.807) is 19.9 Å². The second kappa shape index (κ2) is 20.9. The van der Waals surface area contributed by atoms with Gasteiger partial charge in [-0.3, -0.25) is 4.79 Å². The van der Waals surface area contributed by atoms with Gasteiger partial charge in [0.15, 0.2) is 25.2 Å². The first-order chi connectivity index (χ1) is 30.8. The molecule has 6 aliphatic rings. The molecule has 380 valence electrons. The van der Waals surface area contributed by atoms with Gasteiger partial charge in [-0.05, 0) is 84.0 Å². The fourth-order valence-corrected chi connectivity index (χ4v) is 11.1. The first-order valence-electron chi connectivity index (χ1n) is 23.3. The van der Waals surface area contributed by atoms with Gasteiger partial charge in [0.25, 0.3) is 0 Å². The van der Waals surface area contributed by atoms with Crippen LogP contribution in [0.25, 0.3) is 0 Å². The summed E-state index contributed by atoms with van der Waals surface area (Å²) in [5.74, 6) is -0.568. The van der Waals surface area contributed by atoms with Gasteiger partial charge in [0.1, 0.15) is 86.0 Å². The van der Waals surface area contributed by atoms with Crippen molar-refractivity contribution in [2.75, 3.05) is 6.61 Å². The Kier molecular flexibility index (Phi) is 17.0. The Labute approximate surface area is 386 Å². The van der Waals surface area contributed by atoms with Crippen LogP contribution in [-0.2, 0) is 47.4 Å². The van der Waals surface area contributed by atoms with E-state index in [1.165, 1.54) is 6.92 Å². The fourth-order valence-electron chi connectivity index (χ4n) is 11.1. The van der Waals surface area contributed by atoms with Crippen molar-refractivity contribution in [2.45, 2.75) is 229 Å². The molecule has 4 saturated heterocycles. The molecule has 0 spiro atoms. The molecule has 66 heavy (non-hydrogen) atoms. The summed E-state index contributed by atoms with van der Waals surface area (Å²) in [6.07, 6.45) is -21.5. The van der Waals surface area contributed by atoms with E-state index >= 15 is 0 Å². The SMILES string of the molecule is C=C[C@](C)(CC[C@]1(C)[C@@H](C)C[C@H](O[C@@H]2O[C@@H](C)[C@H](O[C@@H]3O[C@H](COC(C)=O)[C@@H](O)[C@H](O)[C@H]3O)[C@@H](O)[C@H]2O)[C@]2(C)C(C)=CCC[C@@H]12)O[C@@H]1O[C@H](C)[C@H](O)[C@H](O[C@@H]2O[C@@H](C)[C@H](O)[C@@H](O)[C@H]2O)[C@H]1O. The van der Waals surface area contributed by atoms with E-state index in [1.807, 2.05) is 6.92 Å². The van der Waals surface area contributed by atoms with Crippen LogP contribution in [0.2, 0.25) is 0 Å². The largest absolute Gasteiger partial charge is 0.463 e. The summed E-state index contributed by atoms with van der Waals surface area (Å²) in [4.78, 5) is 11.4. The molecule has 4 aliphatic heterocycles. The summed E-state index contributed by atoms with van der Waals surface area (Å²) < 4.78 is 53.4. The zero-order valence-electron chi connectivity index (χ0n) is 39.4. The van der Waals surface area contributed by atoms with Crippen LogP contribution in [0, 0.1) is 22.7 Å². The van der Waals surface area contributed by atoms with Crippen molar-refractivity contribution in [2.24, 2.45) is 22.7 Å². The van der Waals surface area contributed by atoms with Crippen LogP contribution in [0.3, 0.4) is 0 Å². The Bertz CT molecular complexity index is 1690. The monoisotopic (exact) mass is 948 g/mol. The van der Waals surface area contributed by atoms with Crippen molar-refractivity contribution in [3.8, 4) is 0 Å². The zero-order chi connectivity index (χ0) is 49.0. The minimum Gasteiger partial charge on any atom is -0.463 e. The first kappa shape index (κ1) is 53.6. The molecule has 0 bridgehead atoms. The van der Waals surface area contributed by atoms with Gasteiger partial charge in [-0.2, -0.15) is 0 Å². The van der Waals surface area contributed by atoms with E-state index in [-0.39, 0.29) is 17.3 Å². The van der Waals surface area contributed by atoms with Gasteiger partial charge in [-0.25, -0.2) is 0 Å². The third kappa shape index (κ3) is 10.3. The molecule has 0 aromatic carbocycles. The maximum absolute atomic E-state index is 11.5. The van der Waals surface area contributed by atoms with Crippen molar-refractivity contribution in [1.82, 2.24) is 0 Å². The molecular weight excluding hydrogens is 872 g/mol. The van der Waals surface area contributed by atoms with Crippen molar-refractivity contribution in [3.63, 3.8) is 0 Å². The summed E-state index contributed by atoms with van der Waals surface area (Å²) in [5.41, 5.74) is -0.836. The average molecular weight is 949 g/mol. The molecule has 10 N–H and O–H groups in total. The molecule has 0 unspecified atom stereocenters. The van der Waals surface area contributed by atoms with Crippen LogP contribution in [0.1, 0.15) is 94.4 Å². The molecule has 20 nitrogen and oxygen atoms in total. The number of hydrogen-bond acceptors (Lipinski definition) is 20. The van der Waals surface area contributed by atoms with Crippen LogP contribution >= 0.6 is 0 Å². The number of fused-ring (bicyclic) bond motifs is 1. The maximum atomic E-state index is 11.5. The molecule has 0 aromatic rings. The smallest absolute Gasteiger partial charge is 0.302 e. The summed E-state index contributed by atoms with van der Waals surface area (Å²) in [6.45, 7) is 20.0. The molecule has 0 amide bonds. The van der Waals surface area contributed by atoms with Gasteiger partial charge in [-0.15, -0.1) is 6.58 Å². The van der Waals surface area contributed by atoms with Crippen molar-refractivity contribution < 1.29 is 98.5 Å². The van der Waals surface area contributed by atoms with E-state index in [4.69, 9.17) is 42.6 Å². The molecule has 2 aliphatic carbocycles. The van der Waals surface area contributed by atoms with Crippen LogP contribution in [0.5, 0.6) is 0 Å². The number of hydrogen-bond donors (Lipinski definition) is 10. The van der Waals surface area contributed by atoms with Crippen LogP contribution < -0.4 is 0 Å². The lowest BCUT2D eigenvalue weighted by Crippen LogP contribution is -2.65. The van der Waals surface area contributed by atoms with Gasteiger partial charge in [0, 0.05) is 12.3 Å². The first-order valence-corrected chi connectivity index (χ1v) is 23.3. The second-order valence-corrected chi connectivity index (χ2v) is 20.3. The Hall–Kier alpha value is -1.77. The molecule has 5 fully saturated rings. The highest BCUT2D eigenvalue weighted by atomic mass is 16.8. The van der Waals surface area contributed by atoms with E-state index in [0.29, 0.717) is 19.3 Å². The summed E-state index contributed by atoms with van der Waals surface area (Å²) in [5, 5.41) is 108. The Morgan fingerprint density at radius 3 is 1.91 bits per heavy atom. The maximum Gasteiger partial charge on any atom is 0.302 e. The summed E-state index contributed by atoms with van der Waals surface area (Å²) >= 11 is 0. The van der Waals surface area contributed by atoms with Gasteiger partial charge in [-0.1, -0.05) is 38.5 Å². The van der Waals surface area contributed by atoms with E-state index in [9.17, 15) is 55.9 Å². The van der Waals surface area contributed by atoms with Crippen molar-refractivity contribution in [3.05, 3.63) is 24.3 Å². The predicted octanol–water partition coefficient (Wildman–Crippen LogP) is -0.576. The minimum atomic E-state index is -1.75. The molecule has 26 atom stereocenters. The zero-order valence-corrected chi connectivity index (χ0v) is 39.4. The number of rotatable bonds is 14. The van der Waals surface area contributed by atoms with Gasteiger partial charge >= 0.3 is 5.97 Å². The molecule has 4 heterocycles. The normalized spacial score (nSPS) is 51.0. The van der Waals surface area contributed by atoms with Crippen molar-refractivity contribution in [1.29, 1.82) is 0 Å². The number of aliphatic hydroxyl groups is 10. The number of allylic oxidation sites excluding steroid dienone is 1. The number of aliphatic hydroxyl groups excluding tert-OH is 10. The van der Waals surface area contributed by atoms with E-state index < -0.39 is 153 Å². The van der Waals surface area contributed by atoms with Gasteiger partial charge in [0.05, 0.1) is 30.0 Å². The highest BCUT2D eigenvalue weighted by Crippen LogP contribution is 2.63. The van der Waals surface area contributed by atoms with E-state index in [2.05, 4.69) is 40.3 Å². The predicted molar refractivity (Wildman–Crippen MR) is 228 cm³/mol. The lowest BCUT2D eigenvalue weighted by atomic mass is 9.45. The molecule has 0 aromatic heterocycles. The van der Waals surface area contributed by atoms with Gasteiger partial charge < -0.3 is 93.7 Å². The van der Waals surface area contributed by atoms with E-state index in [0.717, 1.165) is 25.3 Å². The Balaban J connectivity index is 1.13. The highest BCUT2D eigenvalue weighted by Gasteiger charge is 2.60. The molecule has 6 rings (SSSR count). The quantitative estimate of drug-likeness (QED) is 0.0770. The summed E-state index contributed by atoms with van der Waals surface area (Å²) in [7, 11) is 0. The number of carbonyl (C=O) groups excluding carboxylic acids is 1. The Morgan fingerprint density at radius 2 is 1.27 bits per heavy atom.